The van der Waals surface area contributed by atoms with Crippen LogP contribution >= 0.6 is 27.7 Å². The van der Waals surface area contributed by atoms with Crippen LogP contribution in [0.3, 0.4) is 0 Å². The Bertz CT molecular complexity index is 321. The molecule has 3 heteroatoms. The maximum atomic E-state index is 5.81. The first-order valence-electron chi connectivity index (χ1n) is 4.81. The second-order valence-corrected chi connectivity index (χ2v) is 6.33. The van der Waals surface area contributed by atoms with Crippen LogP contribution in [0.1, 0.15) is 13.3 Å². The molecule has 2 N–H and O–H groups in total. The summed E-state index contributed by atoms with van der Waals surface area (Å²) < 4.78 is 1.46. The highest BCUT2D eigenvalue weighted by Crippen LogP contribution is 2.55. The molecule has 2 rings (SSSR count). The summed E-state index contributed by atoms with van der Waals surface area (Å²) in [5.41, 5.74) is 5.81. The van der Waals surface area contributed by atoms with Gasteiger partial charge in [0.2, 0.25) is 0 Å². The van der Waals surface area contributed by atoms with Gasteiger partial charge in [-0.2, -0.15) is 0 Å². The Hall–Kier alpha value is 0.01000. The Balaban J connectivity index is 2.08. The number of halogens is 1. The fourth-order valence-electron chi connectivity index (χ4n) is 1.67. The highest BCUT2D eigenvalue weighted by atomic mass is 79.9. The number of nitrogens with two attached hydrogens (primary N) is 1. The Labute approximate surface area is 97.6 Å². The third-order valence-corrected chi connectivity index (χ3v) is 5.05. The van der Waals surface area contributed by atoms with Gasteiger partial charge in [0.15, 0.2) is 0 Å². The van der Waals surface area contributed by atoms with Crippen molar-refractivity contribution < 1.29 is 0 Å². The fourth-order valence-corrected chi connectivity index (χ4v) is 3.29. The molecular weight excluding hydrogens is 258 g/mol. The van der Waals surface area contributed by atoms with Crippen LogP contribution in [0.5, 0.6) is 0 Å². The average molecular weight is 272 g/mol. The van der Waals surface area contributed by atoms with Crippen LogP contribution in [-0.2, 0) is 0 Å². The van der Waals surface area contributed by atoms with E-state index in [1.165, 1.54) is 11.3 Å². The molecule has 76 valence electrons. The van der Waals surface area contributed by atoms with Gasteiger partial charge in [-0.05, 0) is 36.6 Å². The van der Waals surface area contributed by atoms with Crippen LogP contribution in [0.2, 0.25) is 0 Å². The number of rotatable bonds is 3. The van der Waals surface area contributed by atoms with Gasteiger partial charge < -0.3 is 5.73 Å². The van der Waals surface area contributed by atoms with Crippen LogP contribution < -0.4 is 5.73 Å². The van der Waals surface area contributed by atoms with Crippen molar-refractivity contribution in [3.8, 4) is 0 Å². The summed E-state index contributed by atoms with van der Waals surface area (Å²) in [6.07, 6.45) is 1.25. The molecule has 14 heavy (non-hydrogen) atoms. The van der Waals surface area contributed by atoms with Gasteiger partial charge in [0.25, 0.3) is 0 Å². The van der Waals surface area contributed by atoms with Crippen molar-refractivity contribution in [3.05, 3.63) is 28.7 Å². The smallest absolute Gasteiger partial charge is 0.0358 e. The van der Waals surface area contributed by atoms with E-state index in [4.69, 9.17) is 5.73 Å². The zero-order valence-corrected chi connectivity index (χ0v) is 10.6. The minimum Gasteiger partial charge on any atom is -0.329 e. The molecule has 1 aromatic rings. The first-order valence-corrected chi connectivity index (χ1v) is 6.42. The third kappa shape index (κ3) is 2.00. The summed E-state index contributed by atoms with van der Waals surface area (Å²) in [6.45, 7) is 3.06. The monoisotopic (exact) mass is 271 g/mol. The Morgan fingerprint density at radius 2 is 2.07 bits per heavy atom. The van der Waals surface area contributed by atoms with Gasteiger partial charge in [-0.25, -0.2) is 0 Å². The van der Waals surface area contributed by atoms with E-state index in [2.05, 4.69) is 47.1 Å². The van der Waals surface area contributed by atoms with Crippen molar-refractivity contribution in [2.75, 3.05) is 6.54 Å². The lowest BCUT2D eigenvalue weighted by atomic mass is 10.3. The highest BCUT2D eigenvalue weighted by Gasteiger charge is 2.50. The topological polar surface area (TPSA) is 26.0 Å². The van der Waals surface area contributed by atoms with Gasteiger partial charge in [-0.1, -0.05) is 22.9 Å². The zero-order valence-electron chi connectivity index (χ0n) is 8.16. The highest BCUT2D eigenvalue weighted by molar-refractivity contribution is 9.10. The molecule has 0 aliphatic heterocycles. The largest absolute Gasteiger partial charge is 0.329 e. The van der Waals surface area contributed by atoms with Crippen molar-refractivity contribution in [1.29, 1.82) is 0 Å². The van der Waals surface area contributed by atoms with E-state index < -0.39 is 0 Å². The molecular formula is C11H14BrNS. The maximum absolute atomic E-state index is 5.81. The van der Waals surface area contributed by atoms with Crippen molar-refractivity contribution in [3.63, 3.8) is 0 Å². The minimum atomic E-state index is 0.327. The van der Waals surface area contributed by atoms with Gasteiger partial charge in [0.05, 0.1) is 0 Å². The van der Waals surface area contributed by atoms with Gasteiger partial charge >= 0.3 is 0 Å². The summed E-state index contributed by atoms with van der Waals surface area (Å²) in [6, 6.07) is 8.47. The predicted molar refractivity (Wildman–Crippen MR) is 65.6 cm³/mol. The van der Waals surface area contributed by atoms with Crippen LogP contribution in [0.15, 0.2) is 33.6 Å². The van der Waals surface area contributed by atoms with Gasteiger partial charge in [0.1, 0.15) is 0 Å². The Morgan fingerprint density at radius 3 is 2.50 bits per heavy atom. The minimum absolute atomic E-state index is 0.327. The SMILES string of the molecule is CC1CC1(CN)Sc1ccc(Br)cc1. The molecule has 1 nitrogen and oxygen atoms in total. The average Bonchev–Trinajstić information content (AvgIpc) is 2.82. The molecule has 1 fully saturated rings. The molecule has 2 unspecified atom stereocenters. The summed E-state index contributed by atoms with van der Waals surface area (Å²) >= 11 is 5.36. The second kappa shape index (κ2) is 3.87. The van der Waals surface area contributed by atoms with E-state index in [-0.39, 0.29) is 0 Å². The molecule has 0 bridgehead atoms. The molecule has 0 spiro atoms. The number of hydrogen-bond acceptors (Lipinski definition) is 2. The van der Waals surface area contributed by atoms with Crippen LogP contribution in [0, 0.1) is 5.92 Å². The van der Waals surface area contributed by atoms with Crippen molar-refractivity contribution in [2.45, 2.75) is 23.0 Å². The molecule has 0 radical (unpaired) electrons. The van der Waals surface area contributed by atoms with Crippen LogP contribution in [0.4, 0.5) is 0 Å². The standard InChI is InChI=1S/C11H14BrNS/c1-8-6-11(8,7-13)14-10-4-2-9(12)3-5-10/h2-5,8H,6-7,13H2,1H3. The first-order chi connectivity index (χ1) is 6.66. The molecule has 0 heterocycles. The van der Waals surface area contributed by atoms with Gasteiger partial charge in [-0.3, -0.25) is 0 Å². The lowest BCUT2D eigenvalue weighted by Gasteiger charge is -2.13. The number of thioether (sulfide) groups is 1. The lowest BCUT2D eigenvalue weighted by Crippen LogP contribution is -2.19. The summed E-state index contributed by atoms with van der Waals surface area (Å²) in [5, 5.41) is 0. The van der Waals surface area contributed by atoms with Gasteiger partial charge in [0, 0.05) is 20.7 Å². The normalized spacial score (nSPS) is 30.4. The molecule has 1 aliphatic carbocycles. The molecule has 0 aromatic heterocycles. The van der Waals surface area contributed by atoms with Crippen molar-refractivity contribution >= 4 is 27.7 Å². The second-order valence-electron chi connectivity index (χ2n) is 3.93. The molecule has 1 aliphatic rings. The summed E-state index contributed by atoms with van der Waals surface area (Å²) in [4.78, 5) is 1.32. The van der Waals surface area contributed by atoms with Crippen molar-refractivity contribution in [2.24, 2.45) is 11.7 Å². The molecule has 0 amide bonds. The summed E-state index contributed by atoms with van der Waals surface area (Å²) in [5.74, 6) is 0.765. The first kappa shape index (κ1) is 10.5. The van der Waals surface area contributed by atoms with Crippen LogP contribution in [0.25, 0.3) is 0 Å². The van der Waals surface area contributed by atoms with E-state index >= 15 is 0 Å². The van der Waals surface area contributed by atoms with E-state index in [1.54, 1.807) is 0 Å². The molecule has 0 saturated heterocycles. The van der Waals surface area contributed by atoms with Gasteiger partial charge in [-0.15, -0.1) is 11.8 Å². The zero-order chi connectivity index (χ0) is 10.2. The number of hydrogen-bond donors (Lipinski definition) is 1. The fraction of sp³-hybridized carbons (Fsp3) is 0.455. The van der Waals surface area contributed by atoms with E-state index in [1.807, 2.05) is 11.8 Å². The van der Waals surface area contributed by atoms with E-state index in [0.29, 0.717) is 4.75 Å². The third-order valence-electron chi connectivity index (χ3n) is 2.87. The van der Waals surface area contributed by atoms with Crippen molar-refractivity contribution in [1.82, 2.24) is 0 Å². The summed E-state index contributed by atoms with van der Waals surface area (Å²) in [7, 11) is 0. The predicted octanol–water partition coefficient (Wildman–Crippen LogP) is 3.28. The quantitative estimate of drug-likeness (QED) is 0.913. The Kier molecular flexibility index (Phi) is 2.91. The Morgan fingerprint density at radius 1 is 1.50 bits per heavy atom. The maximum Gasteiger partial charge on any atom is 0.0358 e. The number of benzene rings is 1. The lowest BCUT2D eigenvalue weighted by molar-refractivity contribution is 0.807. The molecule has 1 saturated carbocycles. The van der Waals surface area contributed by atoms with E-state index in [0.717, 1.165) is 16.9 Å². The molecule has 2 atom stereocenters. The van der Waals surface area contributed by atoms with E-state index in [9.17, 15) is 0 Å². The van der Waals surface area contributed by atoms with Crippen LogP contribution in [-0.4, -0.2) is 11.3 Å². The molecule has 1 aromatic carbocycles.